The molecule has 0 aromatic carbocycles. The van der Waals surface area contributed by atoms with E-state index in [9.17, 15) is 0 Å². The van der Waals surface area contributed by atoms with Crippen molar-refractivity contribution >= 4 is 0 Å². The minimum atomic E-state index is 0.355. The third-order valence-electron chi connectivity index (χ3n) is 3.42. The first-order valence-corrected chi connectivity index (χ1v) is 7.35. The molecule has 104 valence electrons. The molecular weight excluding hydrogens is 236 g/mol. The molecule has 0 bridgehead atoms. The van der Waals surface area contributed by atoms with Crippen molar-refractivity contribution in [2.75, 3.05) is 13.2 Å². The zero-order chi connectivity index (χ0) is 13.3. The number of ether oxygens (including phenoxy) is 1. The van der Waals surface area contributed by atoms with Gasteiger partial charge in [0.25, 0.3) is 0 Å². The van der Waals surface area contributed by atoms with E-state index in [-0.39, 0.29) is 0 Å². The molecule has 1 aromatic heterocycles. The molecule has 1 aromatic rings. The predicted molar refractivity (Wildman–Crippen MR) is 77.9 cm³/mol. The van der Waals surface area contributed by atoms with Crippen LogP contribution in [0.15, 0.2) is 36.4 Å². The smallest absolute Gasteiger partial charge is 0.109 e. The summed E-state index contributed by atoms with van der Waals surface area (Å²) < 4.78 is 5.81. The van der Waals surface area contributed by atoms with Crippen LogP contribution in [0.25, 0.3) is 0 Å². The van der Waals surface area contributed by atoms with Crippen LogP contribution in [0.4, 0.5) is 0 Å². The highest BCUT2D eigenvalue weighted by molar-refractivity contribution is 5.12. The van der Waals surface area contributed by atoms with Crippen LogP contribution in [-0.4, -0.2) is 24.2 Å². The summed E-state index contributed by atoms with van der Waals surface area (Å²) in [6.45, 7) is 4.11. The summed E-state index contributed by atoms with van der Waals surface area (Å²) in [7, 11) is 0. The molecule has 0 saturated heterocycles. The summed E-state index contributed by atoms with van der Waals surface area (Å²) in [5.74, 6) is 1.15. The molecule has 0 aliphatic carbocycles. The molecule has 0 radical (unpaired) electrons. The van der Waals surface area contributed by atoms with E-state index in [1.165, 1.54) is 5.56 Å². The fourth-order valence-electron chi connectivity index (χ4n) is 2.34. The zero-order valence-electron chi connectivity index (χ0n) is 11.8. The molecule has 0 fully saturated rings. The molecule has 1 unspecified atom stereocenters. The second kappa shape index (κ2) is 7.95. The van der Waals surface area contributed by atoms with Gasteiger partial charge in [0.1, 0.15) is 5.76 Å². The SMILES string of the molecule is CCCNC(CCc1ccncc1)C1=CCCCO1. The Balaban J connectivity index is 1.91. The van der Waals surface area contributed by atoms with Gasteiger partial charge in [0, 0.05) is 12.4 Å². The highest BCUT2D eigenvalue weighted by Gasteiger charge is 2.17. The Morgan fingerprint density at radius 1 is 1.37 bits per heavy atom. The van der Waals surface area contributed by atoms with E-state index >= 15 is 0 Å². The Morgan fingerprint density at radius 3 is 2.89 bits per heavy atom. The van der Waals surface area contributed by atoms with Crippen molar-refractivity contribution in [2.45, 2.75) is 45.1 Å². The average Bonchev–Trinajstić information content (AvgIpc) is 2.49. The van der Waals surface area contributed by atoms with Crippen LogP contribution >= 0.6 is 0 Å². The number of hydrogen-bond donors (Lipinski definition) is 1. The van der Waals surface area contributed by atoms with Gasteiger partial charge in [-0.3, -0.25) is 4.98 Å². The van der Waals surface area contributed by atoms with Crippen LogP contribution in [0.2, 0.25) is 0 Å². The largest absolute Gasteiger partial charge is 0.497 e. The number of hydrogen-bond acceptors (Lipinski definition) is 3. The highest BCUT2D eigenvalue weighted by Crippen LogP contribution is 2.17. The number of allylic oxidation sites excluding steroid dienone is 1. The van der Waals surface area contributed by atoms with E-state index in [2.05, 4.69) is 35.4 Å². The lowest BCUT2D eigenvalue weighted by atomic mass is 10.0. The van der Waals surface area contributed by atoms with E-state index in [1.54, 1.807) is 0 Å². The number of aryl methyl sites for hydroxylation is 1. The maximum Gasteiger partial charge on any atom is 0.109 e. The summed E-state index contributed by atoms with van der Waals surface area (Å²) in [6.07, 6.45) is 11.6. The number of nitrogens with one attached hydrogen (secondary N) is 1. The molecule has 3 nitrogen and oxygen atoms in total. The molecule has 2 heterocycles. The number of nitrogens with zero attached hydrogens (tertiary/aromatic N) is 1. The molecule has 0 saturated carbocycles. The van der Waals surface area contributed by atoms with Crippen molar-refractivity contribution in [3.05, 3.63) is 41.9 Å². The maximum absolute atomic E-state index is 5.81. The minimum Gasteiger partial charge on any atom is -0.497 e. The Bertz CT molecular complexity index is 389. The van der Waals surface area contributed by atoms with Crippen molar-refractivity contribution in [2.24, 2.45) is 0 Å². The van der Waals surface area contributed by atoms with Crippen molar-refractivity contribution in [1.82, 2.24) is 10.3 Å². The molecule has 1 N–H and O–H groups in total. The van der Waals surface area contributed by atoms with Crippen LogP contribution < -0.4 is 5.32 Å². The average molecular weight is 260 g/mol. The molecule has 1 atom stereocenters. The van der Waals surface area contributed by atoms with Crippen LogP contribution in [0, 0.1) is 0 Å². The molecule has 3 heteroatoms. The van der Waals surface area contributed by atoms with Crippen LogP contribution in [0.3, 0.4) is 0 Å². The molecule has 0 amide bonds. The Morgan fingerprint density at radius 2 is 2.21 bits per heavy atom. The lowest BCUT2D eigenvalue weighted by molar-refractivity contribution is 0.165. The fourth-order valence-corrected chi connectivity index (χ4v) is 2.34. The Kier molecular flexibility index (Phi) is 5.89. The van der Waals surface area contributed by atoms with Gasteiger partial charge in [0.05, 0.1) is 12.6 Å². The molecular formula is C16H24N2O. The van der Waals surface area contributed by atoms with Gasteiger partial charge in [-0.2, -0.15) is 0 Å². The van der Waals surface area contributed by atoms with Crippen molar-refractivity contribution in [3.63, 3.8) is 0 Å². The van der Waals surface area contributed by atoms with Gasteiger partial charge < -0.3 is 10.1 Å². The van der Waals surface area contributed by atoms with Gasteiger partial charge >= 0.3 is 0 Å². The highest BCUT2D eigenvalue weighted by atomic mass is 16.5. The monoisotopic (exact) mass is 260 g/mol. The van der Waals surface area contributed by atoms with E-state index in [0.29, 0.717) is 6.04 Å². The normalized spacial score (nSPS) is 16.6. The Hall–Kier alpha value is -1.35. The van der Waals surface area contributed by atoms with Crippen molar-refractivity contribution in [3.8, 4) is 0 Å². The van der Waals surface area contributed by atoms with Crippen molar-refractivity contribution < 1.29 is 4.74 Å². The predicted octanol–water partition coefficient (Wildman–Crippen LogP) is 3.08. The standard InChI is InChI=1S/C16H24N2O/c1-2-10-18-15(16-5-3-4-13-19-16)7-6-14-8-11-17-12-9-14/h5,8-9,11-12,15,18H,2-4,6-7,10,13H2,1H3. The summed E-state index contributed by atoms with van der Waals surface area (Å²) in [4.78, 5) is 4.06. The summed E-state index contributed by atoms with van der Waals surface area (Å²) in [5, 5.41) is 3.60. The number of aromatic nitrogens is 1. The van der Waals surface area contributed by atoms with E-state index in [0.717, 1.165) is 51.0 Å². The fraction of sp³-hybridized carbons (Fsp3) is 0.562. The molecule has 0 spiro atoms. The van der Waals surface area contributed by atoms with Gasteiger partial charge in [-0.05, 0) is 62.4 Å². The molecule has 1 aliphatic rings. The van der Waals surface area contributed by atoms with Gasteiger partial charge in [0.2, 0.25) is 0 Å². The molecule has 1 aliphatic heterocycles. The number of rotatable bonds is 7. The van der Waals surface area contributed by atoms with Crippen LogP contribution in [-0.2, 0) is 11.2 Å². The van der Waals surface area contributed by atoms with Gasteiger partial charge in [0.15, 0.2) is 0 Å². The summed E-state index contributed by atoms with van der Waals surface area (Å²) >= 11 is 0. The topological polar surface area (TPSA) is 34.2 Å². The lowest BCUT2D eigenvalue weighted by Crippen LogP contribution is -2.34. The Labute approximate surface area is 116 Å². The van der Waals surface area contributed by atoms with E-state index in [1.807, 2.05) is 12.4 Å². The van der Waals surface area contributed by atoms with Gasteiger partial charge in [-0.15, -0.1) is 0 Å². The molecule has 2 rings (SSSR count). The van der Waals surface area contributed by atoms with Crippen LogP contribution in [0.5, 0.6) is 0 Å². The maximum atomic E-state index is 5.81. The quantitative estimate of drug-likeness (QED) is 0.818. The lowest BCUT2D eigenvalue weighted by Gasteiger charge is -2.25. The third kappa shape index (κ3) is 4.67. The summed E-state index contributed by atoms with van der Waals surface area (Å²) in [6, 6.07) is 4.54. The minimum absolute atomic E-state index is 0.355. The second-order valence-electron chi connectivity index (χ2n) is 5.00. The van der Waals surface area contributed by atoms with E-state index in [4.69, 9.17) is 4.74 Å². The van der Waals surface area contributed by atoms with E-state index < -0.39 is 0 Å². The first kappa shape index (κ1) is 14.1. The number of pyridine rings is 1. The first-order valence-electron chi connectivity index (χ1n) is 7.35. The summed E-state index contributed by atoms with van der Waals surface area (Å²) in [5.41, 5.74) is 1.34. The first-order chi connectivity index (χ1) is 9.40. The molecule has 19 heavy (non-hydrogen) atoms. The van der Waals surface area contributed by atoms with Gasteiger partial charge in [-0.25, -0.2) is 0 Å². The van der Waals surface area contributed by atoms with Crippen molar-refractivity contribution in [1.29, 1.82) is 0 Å². The second-order valence-corrected chi connectivity index (χ2v) is 5.00. The third-order valence-corrected chi connectivity index (χ3v) is 3.42. The van der Waals surface area contributed by atoms with Crippen LogP contribution in [0.1, 0.15) is 38.2 Å². The zero-order valence-corrected chi connectivity index (χ0v) is 11.8. The van der Waals surface area contributed by atoms with Gasteiger partial charge in [-0.1, -0.05) is 6.92 Å².